The number of nitrogens with zero attached hydrogens (tertiary/aromatic N) is 1. The minimum Gasteiger partial charge on any atom is -0.494 e. The Labute approximate surface area is 136 Å². The average Bonchev–Trinajstić information content (AvgIpc) is 2.43. The van der Waals surface area contributed by atoms with Gasteiger partial charge in [-0.2, -0.15) is 0 Å². The molecular formula is C15H16BrFN2OS. The standard InChI is InChI=1S/C15H16BrFN2OS/c1-8(2)6-11-13(16)15(21)19-14(18-11)9-4-5-10(17)12(7-9)20-3/h4-5,7-8H,6H2,1-3H3,(H,18,19,21). The minimum atomic E-state index is -0.403. The Morgan fingerprint density at radius 3 is 2.76 bits per heavy atom. The van der Waals surface area contributed by atoms with Crippen LogP contribution >= 0.6 is 28.1 Å². The second-order valence-electron chi connectivity index (χ2n) is 5.13. The molecule has 1 aromatic carbocycles. The van der Waals surface area contributed by atoms with E-state index in [4.69, 9.17) is 17.0 Å². The maximum absolute atomic E-state index is 13.5. The number of benzene rings is 1. The van der Waals surface area contributed by atoms with Gasteiger partial charge in [-0.1, -0.05) is 26.1 Å². The molecule has 112 valence electrons. The van der Waals surface area contributed by atoms with Crippen molar-refractivity contribution in [2.75, 3.05) is 7.11 Å². The highest BCUT2D eigenvalue weighted by Gasteiger charge is 2.11. The number of hydrogen-bond donors (Lipinski definition) is 1. The minimum absolute atomic E-state index is 0.182. The summed E-state index contributed by atoms with van der Waals surface area (Å²) in [6, 6.07) is 4.62. The van der Waals surface area contributed by atoms with E-state index in [0.717, 1.165) is 22.2 Å². The quantitative estimate of drug-likeness (QED) is 0.776. The first-order valence-electron chi connectivity index (χ1n) is 6.55. The normalized spacial score (nSPS) is 11.0. The van der Waals surface area contributed by atoms with Crippen LogP contribution in [0, 0.1) is 16.4 Å². The second-order valence-corrected chi connectivity index (χ2v) is 6.31. The zero-order valence-electron chi connectivity index (χ0n) is 12.0. The number of methoxy groups -OCH3 is 1. The fourth-order valence-electron chi connectivity index (χ4n) is 2.00. The maximum atomic E-state index is 13.5. The van der Waals surface area contributed by atoms with Gasteiger partial charge in [0.05, 0.1) is 11.6 Å². The molecular weight excluding hydrogens is 355 g/mol. The average molecular weight is 371 g/mol. The molecule has 0 aliphatic carbocycles. The van der Waals surface area contributed by atoms with Gasteiger partial charge in [0, 0.05) is 11.3 Å². The molecule has 0 saturated carbocycles. The van der Waals surface area contributed by atoms with Gasteiger partial charge in [0.15, 0.2) is 11.6 Å². The molecule has 3 nitrogen and oxygen atoms in total. The molecule has 21 heavy (non-hydrogen) atoms. The van der Waals surface area contributed by atoms with E-state index in [1.54, 1.807) is 12.1 Å². The van der Waals surface area contributed by atoms with Crippen molar-refractivity contribution in [1.29, 1.82) is 0 Å². The lowest BCUT2D eigenvalue weighted by molar-refractivity contribution is 0.386. The molecule has 1 heterocycles. The van der Waals surface area contributed by atoms with Crippen molar-refractivity contribution >= 4 is 28.1 Å². The van der Waals surface area contributed by atoms with Gasteiger partial charge in [0.1, 0.15) is 10.5 Å². The number of rotatable bonds is 4. The van der Waals surface area contributed by atoms with E-state index < -0.39 is 5.82 Å². The first-order chi connectivity index (χ1) is 9.92. The molecule has 6 heteroatoms. The number of aromatic amines is 1. The molecule has 0 spiro atoms. The molecule has 0 radical (unpaired) electrons. The highest BCUT2D eigenvalue weighted by molar-refractivity contribution is 9.10. The molecule has 1 N–H and O–H groups in total. The number of hydrogen-bond acceptors (Lipinski definition) is 3. The molecule has 2 aromatic rings. The molecule has 0 amide bonds. The Balaban J connectivity index is 2.54. The Kier molecular flexibility index (Phi) is 5.11. The monoisotopic (exact) mass is 370 g/mol. The summed E-state index contributed by atoms with van der Waals surface area (Å²) in [5.41, 5.74) is 1.72. The van der Waals surface area contributed by atoms with Crippen molar-refractivity contribution in [2.24, 2.45) is 5.92 Å². The van der Waals surface area contributed by atoms with Gasteiger partial charge in [-0.15, -0.1) is 0 Å². The van der Waals surface area contributed by atoms with Crippen LogP contribution in [0.15, 0.2) is 22.7 Å². The van der Waals surface area contributed by atoms with E-state index in [0.29, 0.717) is 16.4 Å². The van der Waals surface area contributed by atoms with E-state index in [9.17, 15) is 4.39 Å². The van der Waals surface area contributed by atoms with Crippen molar-refractivity contribution in [3.63, 3.8) is 0 Å². The predicted molar refractivity (Wildman–Crippen MR) is 87.6 cm³/mol. The fraction of sp³-hybridized carbons (Fsp3) is 0.333. The highest BCUT2D eigenvalue weighted by Crippen LogP contribution is 2.27. The van der Waals surface area contributed by atoms with Gasteiger partial charge in [-0.05, 0) is 46.5 Å². The molecule has 0 bridgehead atoms. The summed E-state index contributed by atoms with van der Waals surface area (Å²) < 4.78 is 19.8. The summed E-state index contributed by atoms with van der Waals surface area (Å²) in [6.07, 6.45) is 0.845. The van der Waals surface area contributed by atoms with Crippen LogP contribution in [0.25, 0.3) is 11.4 Å². The molecule has 2 rings (SSSR count). The Hall–Kier alpha value is -1.27. The summed E-state index contributed by atoms with van der Waals surface area (Å²) in [4.78, 5) is 7.62. The van der Waals surface area contributed by atoms with Crippen molar-refractivity contribution in [3.05, 3.63) is 38.8 Å². The largest absolute Gasteiger partial charge is 0.494 e. The van der Waals surface area contributed by atoms with Crippen LogP contribution in [0.2, 0.25) is 0 Å². The summed E-state index contributed by atoms with van der Waals surface area (Å²) in [7, 11) is 1.43. The third-order valence-corrected chi connectivity index (χ3v) is 4.38. The lowest BCUT2D eigenvalue weighted by Crippen LogP contribution is -2.03. The van der Waals surface area contributed by atoms with Gasteiger partial charge < -0.3 is 9.72 Å². The first-order valence-corrected chi connectivity index (χ1v) is 7.75. The Bertz CT molecular complexity index is 715. The summed E-state index contributed by atoms with van der Waals surface area (Å²) in [5, 5.41) is 0. The van der Waals surface area contributed by atoms with E-state index >= 15 is 0 Å². The Morgan fingerprint density at radius 1 is 1.43 bits per heavy atom. The molecule has 0 aliphatic rings. The summed E-state index contributed by atoms with van der Waals surface area (Å²) in [5.74, 6) is 0.864. The number of ether oxygens (including phenoxy) is 1. The van der Waals surface area contributed by atoms with Crippen molar-refractivity contribution < 1.29 is 9.13 Å². The van der Waals surface area contributed by atoms with Crippen LogP contribution < -0.4 is 4.74 Å². The zero-order chi connectivity index (χ0) is 15.6. The van der Waals surface area contributed by atoms with E-state index in [-0.39, 0.29) is 5.75 Å². The van der Waals surface area contributed by atoms with Crippen molar-refractivity contribution in [2.45, 2.75) is 20.3 Å². The Morgan fingerprint density at radius 2 is 2.14 bits per heavy atom. The SMILES string of the molecule is COc1cc(-c2nc(=S)c(Br)c(CC(C)C)[nH]2)ccc1F. The molecule has 0 fully saturated rings. The zero-order valence-corrected chi connectivity index (χ0v) is 14.4. The van der Waals surface area contributed by atoms with Crippen LogP contribution in [-0.2, 0) is 6.42 Å². The van der Waals surface area contributed by atoms with Gasteiger partial charge in [0.2, 0.25) is 0 Å². The summed E-state index contributed by atoms with van der Waals surface area (Å²) >= 11 is 8.76. The van der Waals surface area contributed by atoms with Gasteiger partial charge in [0.25, 0.3) is 0 Å². The number of nitrogens with one attached hydrogen (secondary N) is 1. The maximum Gasteiger partial charge on any atom is 0.165 e. The molecule has 0 saturated heterocycles. The van der Waals surface area contributed by atoms with E-state index in [1.165, 1.54) is 13.2 Å². The first kappa shape index (κ1) is 16.1. The molecule has 0 atom stereocenters. The highest BCUT2D eigenvalue weighted by atomic mass is 79.9. The third-order valence-electron chi connectivity index (χ3n) is 2.97. The second kappa shape index (κ2) is 6.66. The van der Waals surface area contributed by atoms with Gasteiger partial charge in [-0.25, -0.2) is 9.37 Å². The van der Waals surface area contributed by atoms with E-state index in [1.807, 2.05) is 0 Å². The van der Waals surface area contributed by atoms with Crippen molar-refractivity contribution in [1.82, 2.24) is 9.97 Å². The van der Waals surface area contributed by atoms with Gasteiger partial charge in [-0.3, -0.25) is 0 Å². The van der Waals surface area contributed by atoms with Crippen LogP contribution in [-0.4, -0.2) is 17.1 Å². The van der Waals surface area contributed by atoms with E-state index in [2.05, 4.69) is 39.7 Å². The fourth-order valence-corrected chi connectivity index (χ4v) is 2.56. The van der Waals surface area contributed by atoms with Gasteiger partial charge >= 0.3 is 0 Å². The lowest BCUT2D eigenvalue weighted by atomic mass is 10.1. The third kappa shape index (κ3) is 3.68. The van der Waals surface area contributed by atoms with Crippen LogP contribution in [0.5, 0.6) is 5.75 Å². The predicted octanol–water partition coefficient (Wildman–Crippen LogP) is 4.91. The lowest BCUT2D eigenvalue weighted by Gasteiger charge is -2.11. The number of aromatic nitrogens is 2. The smallest absolute Gasteiger partial charge is 0.165 e. The van der Waals surface area contributed by atoms with Crippen molar-refractivity contribution in [3.8, 4) is 17.1 Å². The molecule has 1 aromatic heterocycles. The van der Waals surface area contributed by atoms with Crippen LogP contribution in [0.1, 0.15) is 19.5 Å². The molecule has 0 unspecified atom stereocenters. The van der Waals surface area contributed by atoms with Crippen LogP contribution in [0.4, 0.5) is 4.39 Å². The number of halogens is 2. The number of H-pyrrole nitrogens is 1. The topological polar surface area (TPSA) is 37.9 Å². The molecule has 0 aliphatic heterocycles. The summed E-state index contributed by atoms with van der Waals surface area (Å²) in [6.45, 7) is 4.26. The van der Waals surface area contributed by atoms with Crippen LogP contribution in [0.3, 0.4) is 0 Å².